The van der Waals surface area contributed by atoms with E-state index < -0.39 is 0 Å². The van der Waals surface area contributed by atoms with Gasteiger partial charge in [0.25, 0.3) is 0 Å². The zero-order chi connectivity index (χ0) is 18.2. The molecule has 0 saturated heterocycles. The lowest BCUT2D eigenvalue weighted by Crippen LogP contribution is -2.05. The van der Waals surface area contributed by atoms with Crippen LogP contribution in [0, 0.1) is 0 Å². The molecule has 0 unspecified atom stereocenters. The summed E-state index contributed by atoms with van der Waals surface area (Å²) in [5.74, 6) is 0.720. The number of H-pyrrole nitrogens is 1. The SMILES string of the molecule is Clc1cccc2cc(CNc3ncnc4c3N=CC4)c(-c3cn[nH]c3)nc12. The van der Waals surface area contributed by atoms with Crippen LogP contribution in [0.1, 0.15) is 11.3 Å². The van der Waals surface area contributed by atoms with Gasteiger partial charge in [0.05, 0.1) is 28.1 Å². The molecule has 0 radical (unpaired) electrons. The topological polar surface area (TPSA) is 91.7 Å². The van der Waals surface area contributed by atoms with Gasteiger partial charge >= 0.3 is 0 Å². The summed E-state index contributed by atoms with van der Waals surface area (Å²) in [5, 5.41) is 11.9. The van der Waals surface area contributed by atoms with Gasteiger partial charge in [-0.1, -0.05) is 23.7 Å². The second kappa shape index (κ2) is 6.44. The van der Waals surface area contributed by atoms with E-state index >= 15 is 0 Å². The number of nitrogens with one attached hydrogen (secondary N) is 2. The predicted octanol–water partition coefficient (Wildman–Crippen LogP) is 3.94. The first kappa shape index (κ1) is 15.9. The average molecular weight is 376 g/mol. The standard InChI is InChI=1S/C19H14ClN7/c20-14-3-1-2-11-6-12(16(27-17(11)14)13-8-25-26-9-13)7-22-19-18-15(4-5-21-18)23-10-24-19/h1-3,5-6,8-10H,4,7H2,(H,25,26)(H,22,23,24). The summed E-state index contributed by atoms with van der Waals surface area (Å²) >= 11 is 6.35. The highest BCUT2D eigenvalue weighted by atomic mass is 35.5. The van der Waals surface area contributed by atoms with Crippen molar-refractivity contribution in [2.75, 3.05) is 5.32 Å². The van der Waals surface area contributed by atoms with Crippen LogP contribution >= 0.6 is 11.6 Å². The summed E-state index contributed by atoms with van der Waals surface area (Å²) in [6.45, 7) is 0.537. The molecule has 7 nitrogen and oxygen atoms in total. The molecular weight excluding hydrogens is 362 g/mol. The number of anilines is 1. The molecule has 2 N–H and O–H groups in total. The van der Waals surface area contributed by atoms with Crippen molar-refractivity contribution in [1.82, 2.24) is 25.1 Å². The molecule has 0 aliphatic carbocycles. The Morgan fingerprint density at radius 3 is 3.07 bits per heavy atom. The molecular formula is C19H14ClN7. The van der Waals surface area contributed by atoms with Crippen molar-refractivity contribution in [3.63, 3.8) is 0 Å². The Labute approximate surface area is 159 Å². The van der Waals surface area contributed by atoms with Gasteiger partial charge < -0.3 is 5.32 Å². The van der Waals surface area contributed by atoms with E-state index in [1.54, 1.807) is 12.5 Å². The van der Waals surface area contributed by atoms with Gasteiger partial charge in [0.1, 0.15) is 12.0 Å². The van der Waals surface area contributed by atoms with E-state index in [1.165, 1.54) is 0 Å². The number of rotatable bonds is 4. The van der Waals surface area contributed by atoms with E-state index in [2.05, 4.69) is 36.5 Å². The van der Waals surface area contributed by atoms with Crippen molar-refractivity contribution in [3.8, 4) is 11.3 Å². The zero-order valence-electron chi connectivity index (χ0n) is 14.1. The fourth-order valence-corrected chi connectivity index (χ4v) is 3.43. The second-order valence-electron chi connectivity index (χ2n) is 6.18. The van der Waals surface area contributed by atoms with E-state index in [0.29, 0.717) is 11.6 Å². The van der Waals surface area contributed by atoms with Gasteiger partial charge in [0.15, 0.2) is 5.82 Å². The van der Waals surface area contributed by atoms with Crippen LogP contribution in [0.5, 0.6) is 0 Å². The first-order valence-corrected chi connectivity index (χ1v) is 8.85. The van der Waals surface area contributed by atoms with Crippen LogP contribution < -0.4 is 5.32 Å². The molecule has 8 heteroatoms. The first-order chi connectivity index (χ1) is 13.3. The summed E-state index contributed by atoms with van der Waals surface area (Å²) in [4.78, 5) is 17.8. The van der Waals surface area contributed by atoms with Crippen LogP contribution in [-0.4, -0.2) is 31.4 Å². The maximum atomic E-state index is 6.35. The number of benzene rings is 1. The maximum absolute atomic E-state index is 6.35. The van der Waals surface area contributed by atoms with Crippen molar-refractivity contribution in [2.45, 2.75) is 13.0 Å². The number of para-hydroxylation sites is 1. The largest absolute Gasteiger partial charge is 0.364 e. The fraction of sp³-hybridized carbons (Fsp3) is 0.105. The van der Waals surface area contributed by atoms with Crippen LogP contribution in [0.15, 0.2) is 48.0 Å². The zero-order valence-corrected chi connectivity index (χ0v) is 14.9. The van der Waals surface area contributed by atoms with Crippen LogP contribution in [0.3, 0.4) is 0 Å². The van der Waals surface area contributed by atoms with Crippen molar-refractivity contribution in [1.29, 1.82) is 0 Å². The molecule has 1 aliphatic rings. The van der Waals surface area contributed by atoms with Gasteiger partial charge in [-0.05, 0) is 17.7 Å². The molecule has 0 bridgehead atoms. The number of hydrogen-bond acceptors (Lipinski definition) is 6. The molecule has 132 valence electrons. The third-order valence-corrected chi connectivity index (χ3v) is 4.80. The summed E-state index contributed by atoms with van der Waals surface area (Å²) in [6.07, 6.45) is 7.72. The Balaban J connectivity index is 1.57. The number of aromatic nitrogens is 5. The summed E-state index contributed by atoms with van der Waals surface area (Å²) in [7, 11) is 0. The molecule has 1 aliphatic heterocycles. The Kier molecular flexibility index (Phi) is 3.79. The van der Waals surface area contributed by atoms with Gasteiger partial charge in [-0.15, -0.1) is 0 Å². The van der Waals surface area contributed by atoms with Gasteiger partial charge in [0.2, 0.25) is 0 Å². The molecule has 0 atom stereocenters. The Bertz CT molecular complexity index is 1170. The Morgan fingerprint density at radius 2 is 2.19 bits per heavy atom. The van der Waals surface area contributed by atoms with E-state index in [9.17, 15) is 0 Å². The van der Waals surface area contributed by atoms with Gasteiger partial charge in [-0.2, -0.15) is 5.10 Å². The van der Waals surface area contributed by atoms with Gasteiger partial charge in [-0.3, -0.25) is 10.1 Å². The van der Waals surface area contributed by atoms with Crippen molar-refractivity contribution in [3.05, 3.63) is 59.3 Å². The molecule has 4 heterocycles. The lowest BCUT2D eigenvalue weighted by atomic mass is 10.1. The summed E-state index contributed by atoms with van der Waals surface area (Å²) in [5.41, 5.74) is 5.25. The number of aromatic amines is 1. The molecule has 0 amide bonds. The number of nitrogens with zero attached hydrogens (tertiary/aromatic N) is 5. The highest BCUT2D eigenvalue weighted by Gasteiger charge is 2.16. The van der Waals surface area contributed by atoms with Gasteiger partial charge in [-0.25, -0.2) is 15.0 Å². The number of fused-ring (bicyclic) bond motifs is 2. The number of aliphatic imine (C=N–C) groups is 1. The van der Waals surface area contributed by atoms with Crippen LogP contribution in [-0.2, 0) is 13.0 Å². The van der Waals surface area contributed by atoms with E-state index in [4.69, 9.17) is 16.6 Å². The normalized spacial score (nSPS) is 12.5. The number of halogens is 1. The van der Waals surface area contributed by atoms with Crippen LogP contribution in [0.25, 0.3) is 22.2 Å². The first-order valence-electron chi connectivity index (χ1n) is 8.47. The highest BCUT2D eigenvalue weighted by Crippen LogP contribution is 2.32. The monoisotopic (exact) mass is 375 g/mol. The van der Waals surface area contributed by atoms with E-state index in [1.807, 2.05) is 30.6 Å². The van der Waals surface area contributed by atoms with E-state index in [-0.39, 0.29) is 0 Å². The molecule has 0 fully saturated rings. The maximum Gasteiger partial charge on any atom is 0.155 e. The lowest BCUT2D eigenvalue weighted by molar-refractivity contribution is 1.05. The van der Waals surface area contributed by atoms with Crippen molar-refractivity contribution < 1.29 is 0 Å². The molecule has 27 heavy (non-hydrogen) atoms. The lowest BCUT2D eigenvalue weighted by Gasteiger charge is -2.13. The van der Waals surface area contributed by atoms with Crippen molar-refractivity contribution >= 4 is 40.2 Å². The Hall–Kier alpha value is -3.32. The molecule has 3 aromatic heterocycles. The highest BCUT2D eigenvalue weighted by molar-refractivity contribution is 6.35. The quantitative estimate of drug-likeness (QED) is 0.563. The predicted molar refractivity (Wildman–Crippen MR) is 106 cm³/mol. The number of hydrogen-bond donors (Lipinski definition) is 2. The summed E-state index contributed by atoms with van der Waals surface area (Å²) in [6, 6.07) is 7.86. The van der Waals surface area contributed by atoms with Crippen LogP contribution in [0.2, 0.25) is 5.02 Å². The third kappa shape index (κ3) is 2.82. The molecule has 5 rings (SSSR count). The molecule has 4 aromatic rings. The summed E-state index contributed by atoms with van der Waals surface area (Å²) < 4.78 is 0. The Morgan fingerprint density at radius 1 is 1.22 bits per heavy atom. The fourth-order valence-electron chi connectivity index (χ4n) is 3.20. The molecule has 0 saturated carbocycles. The molecule has 1 aromatic carbocycles. The smallest absolute Gasteiger partial charge is 0.155 e. The minimum atomic E-state index is 0.537. The van der Waals surface area contributed by atoms with Gasteiger partial charge in [0, 0.05) is 36.3 Å². The van der Waals surface area contributed by atoms with Crippen LogP contribution in [0.4, 0.5) is 11.5 Å². The average Bonchev–Trinajstić information content (AvgIpc) is 3.38. The number of pyridine rings is 1. The minimum absolute atomic E-state index is 0.537. The minimum Gasteiger partial charge on any atom is -0.364 e. The third-order valence-electron chi connectivity index (χ3n) is 4.50. The molecule has 0 spiro atoms. The second-order valence-corrected chi connectivity index (χ2v) is 6.59. The van der Waals surface area contributed by atoms with E-state index in [0.717, 1.165) is 51.3 Å². The van der Waals surface area contributed by atoms with Crippen molar-refractivity contribution in [2.24, 2.45) is 4.99 Å².